The number of nitrogens with zero attached hydrogens (tertiary/aromatic N) is 1. The summed E-state index contributed by atoms with van der Waals surface area (Å²) in [6.07, 6.45) is 7.91. The molecule has 0 N–H and O–H groups in total. The van der Waals surface area contributed by atoms with Gasteiger partial charge in [-0.2, -0.15) is 0 Å². The molecule has 19 heavy (non-hydrogen) atoms. The van der Waals surface area contributed by atoms with E-state index in [0.29, 0.717) is 11.4 Å². The maximum atomic E-state index is 11.8. The maximum absolute atomic E-state index is 11.8. The molecule has 2 rings (SSSR count). The van der Waals surface area contributed by atoms with Crippen molar-refractivity contribution in [2.45, 2.75) is 25.7 Å². The zero-order valence-electron chi connectivity index (χ0n) is 11.1. The Morgan fingerprint density at radius 2 is 1.95 bits per heavy atom. The second-order valence-corrected chi connectivity index (χ2v) is 5.38. The monoisotopic (exact) mass is 277 g/mol. The zero-order chi connectivity index (χ0) is 13.5. The lowest BCUT2D eigenvalue weighted by Crippen LogP contribution is -2.31. The number of carbonyl (C=O) groups excluding carboxylic acids is 1. The summed E-state index contributed by atoms with van der Waals surface area (Å²) in [5.74, 6) is 0.172. The van der Waals surface area contributed by atoms with Crippen LogP contribution in [0, 0.1) is 0 Å². The molecule has 1 aromatic carbocycles. The molecule has 0 aliphatic carbocycles. The van der Waals surface area contributed by atoms with E-state index in [1.54, 1.807) is 12.2 Å². The van der Waals surface area contributed by atoms with E-state index >= 15 is 0 Å². The first-order chi connectivity index (χ1) is 9.25. The van der Waals surface area contributed by atoms with Crippen molar-refractivity contribution in [1.29, 1.82) is 0 Å². The molecule has 1 aliphatic heterocycles. The van der Waals surface area contributed by atoms with Gasteiger partial charge in [-0.05, 0) is 49.7 Å². The highest BCUT2D eigenvalue weighted by Crippen LogP contribution is 2.16. The summed E-state index contributed by atoms with van der Waals surface area (Å²) in [4.78, 5) is 14.2. The van der Waals surface area contributed by atoms with Crippen molar-refractivity contribution < 1.29 is 4.79 Å². The zero-order valence-corrected chi connectivity index (χ0v) is 11.9. The predicted octanol–water partition coefficient (Wildman–Crippen LogP) is 3.80. The minimum atomic E-state index is 0.172. The van der Waals surface area contributed by atoms with Gasteiger partial charge >= 0.3 is 0 Å². The van der Waals surface area contributed by atoms with Crippen LogP contribution in [0.25, 0.3) is 6.08 Å². The molecule has 1 aromatic rings. The largest absolute Gasteiger partial charge is 0.303 e. The van der Waals surface area contributed by atoms with Gasteiger partial charge in [0.15, 0.2) is 5.78 Å². The van der Waals surface area contributed by atoms with Crippen molar-refractivity contribution in [2.75, 3.05) is 19.6 Å². The molecular formula is C16H20ClNO. The highest BCUT2D eigenvalue weighted by atomic mass is 35.5. The Bertz CT molecular complexity index is 450. The third-order valence-electron chi connectivity index (χ3n) is 3.48. The molecule has 0 bridgehead atoms. The van der Waals surface area contributed by atoms with Gasteiger partial charge in [0.2, 0.25) is 0 Å². The quantitative estimate of drug-likeness (QED) is 0.763. The first kappa shape index (κ1) is 14.3. The predicted molar refractivity (Wildman–Crippen MR) is 80.4 cm³/mol. The van der Waals surface area contributed by atoms with Gasteiger partial charge in [-0.25, -0.2) is 0 Å². The molecule has 1 saturated heterocycles. The smallest absolute Gasteiger partial charge is 0.156 e. The first-order valence-electron chi connectivity index (χ1n) is 6.93. The van der Waals surface area contributed by atoms with Crippen molar-refractivity contribution in [3.05, 3.63) is 40.9 Å². The maximum Gasteiger partial charge on any atom is 0.156 e. The minimum absolute atomic E-state index is 0.172. The van der Waals surface area contributed by atoms with Gasteiger partial charge in [-0.3, -0.25) is 4.79 Å². The third kappa shape index (κ3) is 4.81. The average Bonchev–Trinajstić information content (AvgIpc) is 2.45. The van der Waals surface area contributed by atoms with Crippen LogP contribution >= 0.6 is 11.6 Å². The van der Waals surface area contributed by atoms with E-state index in [4.69, 9.17) is 11.6 Å². The van der Waals surface area contributed by atoms with E-state index in [1.165, 1.54) is 19.3 Å². The number of halogens is 1. The van der Waals surface area contributed by atoms with E-state index in [1.807, 2.05) is 24.3 Å². The van der Waals surface area contributed by atoms with E-state index in [2.05, 4.69) is 4.90 Å². The fourth-order valence-corrected chi connectivity index (χ4v) is 2.53. The Labute approximate surface area is 120 Å². The van der Waals surface area contributed by atoms with Gasteiger partial charge < -0.3 is 4.90 Å². The van der Waals surface area contributed by atoms with E-state index in [9.17, 15) is 4.79 Å². The van der Waals surface area contributed by atoms with Gasteiger partial charge in [-0.1, -0.05) is 36.2 Å². The Hall–Kier alpha value is -1.12. The number of piperidine rings is 1. The molecule has 102 valence electrons. The first-order valence-corrected chi connectivity index (χ1v) is 7.31. The van der Waals surface area contributed by atoms with Gasteiger partial charge in [0, 0.05) is 18.0 Å². The number of allylic oxidation sites excluding steroid dienone is 1. The standard InChI is InChI=1S/C16H20ClNO/c17-16-7-3-2-6-14(16)8-9-15(19)10-13-18-11-4-1-5-12-18/h2-3,6-9H,1,4-5,10-13H2/b9-8+. The summed E-state index contributed by atoms with van der Waals surface area (Å²) < 4.78 is 0. The highest BCUT2D eigenvalue weighted by molar-refractivity contribution is 6.32. The van der Waals surface area contributed by atoms with E-state index in [0.717, 1.165) is 25.2 Å². The minimum Gasteiger partial charge on any atom is -0.303 e. The van der Waals surface area contributed by atoms with E-state index < -0.39 is 0 Å². The molecule has 0 radical (unpaired) electrons. The Morgan fingerprint density at radius 1 is 1.21 bits per heavy atom. The van der Waals surface area contributed by atoms with Gasteiger partial charge in [0.05, 0.1) is 0 Å². The van der Waals surface area contributed by atoms with Crippen LogP contribution in [0.2, 0.25) is 5.02 Å². The molecular weight excluding hydrogens is 258 g/mol. The summed E-state index contributed by atoms with van der Waals surface area (Å²) in [5, 5.41) is 0.683. The molecule has 0 amide bonds. The van der Waals surface area contributed by atoms with Crippen LogP contribution < -0.4 is 0 Å². The van der Waals surface area contributed by atoms with Crippen LogP contribution in [-0.4, -0.2) is 30.3 Å². The summed E-state index contributed by atoms with van der Waals surface area (Å²) >= 11 is 6.04. The number of likely N-dealkylation sites (tertiary alicyclic amines) is 1. The molecule has 1 aliphatic rings. The number of ketones is 1. The lowest BCUT2D eigenvalue weighted by Gasteiger charge is -2.25. The van der Waals surface area contributed by atoms with Gasteiger partial charge in [0.1, 0.15) is 0 Å². The van der Waals surface area contributed by atoms with Crippen LogP contribution in [0.1, 0.15) is 31.2 Å². The highest BCUT2D eigenvalue weighted by Gasteiger charge is 2.10. The molecule has 0 spiro atoms. The van der Waals surface area contributed by atoms with Crippen LogP contribution in [0.3, 0.4) is 0 Å². The second-order valence-electron chi connectivity index (χ2n) is 4.97. The summed E-state index contributed by atoms with van der Waals surface area (Å²) in [6, 6.07) is 7.55. The Balaban J connectivity index is 1.79. The fraction of sp³-hybridized carbons (Fsp3) is 0.438. The number of hydrogen-bond acceptors (Lipinski definition) is 2. The van der Waals surface area contributed by atoms with Crippen LogP contribution in [0.4, 0.5) is 0 Å². The summed E-state index contributed by atoms with van der Waals surface area (Å²) in [6.45, 7) is 3.16. The molecule has 3 heteroatoms. The van der Waals surface area contributed by atoms with Crippen molar-refractivity contribution in [2.24, 2.45) is 0 Å². The van der Waals surface area contributed by atoms with Crippen LogP contribution in [0.15, 0.2) is 30.3 Å². The molecule has 0 aromatic heterocycles. The van der Waals surface area contributed by atoms with Crippen LogP contribution in [-0.2, 0) is 4.79 Å². The summed E-state index contributed by atoms with van der Waals surface area (Å²) in [5.41, 5.74) is 0.899. The van der Waals surface area contributed by atoms with Crippen molar-refractivity contribution >= 4 is 23.5 Å². The molecule has 0 atom stereocenters. The number of carbonyl (C=O) groups is 1. The van der Waals surface area contributed by atoms with Crippen molar-refractivity contribution in [3.8, 4) is 0 Å². The lowest BCUT2D eigenvalue weighted by atomic mass is 10.1. The fourth-order valence-electron chi connectivity index (χ4n) is 2.33. The second kappa shape index (κ2) is 7.46. The molecule has 2 nitrogen and oxygen atoms in total. The average molecular weight is 278 g/mol. The number of rotatable bonds is 5. The van der Waals surface area contributed by atoms with Crippen molar-refractivity contribution in [3.63, 3.8) is 0 Å². The van der Waals surface area contributed by atoms with E-state index in [-0.39, 0.29) is 5.78 Å². The Kier molecular flexibility index (Phi) is 5.62. The van der Waals surface area contributed by atoms with Crippen LogP contribution in [0.5, 0.6) is 0 Å². The molecule has 1 heterocycles. The van der Waals surface area contributed by atoms with Gasteiger partial charge in [0.25, 0.3) is 0 Å². The normalized spacial score (nSPS) is 16.9. The third-order valence-corrected chi connectivity index (χ3v) is 3.82. The SMILES string of the molecule is O=C(/C=C/c1ccccc1Cl)CCN1CCCCC1. The molecule has 1 fully saturated rings. The lowest BCUT2D eigenvalue weighted by molar-refractivity contribution is -0.114. The molecule has 0 saturated carbocycles. The Morgan fingerprint density at radius 3 is 2.68 bits per heavy atom. The summed E-state index contributed by atoms with van der Waals surface area (Å²) in [7, 11) is 0. The van der Waals surface area contributed by atoms with Crippen molar-refractivity contribution in [1.82, 2.24) is 4.90 Å². The van der Waals surface area contributed by atoms with Gasteiger partial charge in [-0.15, -0.1) is 0 Å². The molecule has 0 unspecified atom stereocenters. The topological polar surface area (TPSA) is 20.3 Å². The number of benzene rings is 1. The number of hydrogen-bond donors (Lipinski definition) is 0.